The van der Waals surface area contributed by atoms with Gasteiger partial charge in [0.2, 0.25) is 0 Å². The van der Waals surface area contributed by atoms with E-state index in [1.165, 1.54) is 18.2 Å². The topological polar surface area (TPSA) is 43.8 Å². The van der Waals surface area contributed by atoms with Gasteiger partial charge in [-0.2, -0.15) is 0 Å². The molecular weight excluding hydrogens is 520 g/mol. The van der Waals surface area contributed by atoms with Gasteiger partial charge in [-0.25, -0.2) is 17.6 Å². The summed E-state index contributed by atoms with van der Waals surface area (Å²) in [4.78, 5) is 16.9. The van der Waals surface area contributed by atoms with Gasteiger partial charge in [0.1, 0.15) is 11.6 Å². The highest BCUT2D eigenvalue weighted by atomic mass is 19.3. The third-order valence-corrected chi connectivity index (χ3v) is 9.67. The number of halogens is 4. The third-order valence-electron chi connectivity index (χ3n) is 9.67. The number of benzene rings is 2. The second-order valence-electron chi connectivity index (χ2n) is 12.4. The van der Waals surface area contributed by atoms with Crippen LogP contribution in [-0.2, 0) is 10.7 Å². The van der Waals surface area contributed by atoms with E-state index in [9.17, 15) is 27.5 Å². The number of carbonyl (C=O) groups is 1. The largest absolute Gasteiger partial charge is 0.481 e. The first-order valence-electron chi connectivity index (χ1n) is 14.7. The summed E-state index contributed by atoms with van der Waals surface area (Å²) in [6.45, 7) is 4.53. The van der Waals surface area contributed by atoms with Crippen molar-refractivity contribution in [2.45, 2.75) is 63.2 Å². The van der Waals surface area contributed by atoms with Gasteiger partial charge in [0, 0.05) is 44.1 Å². The number of carboxylic acid groups (broad SMARTS) is 1. The minimum atomic E-state index is -2.97. The van der Waals surface area contributed by atoms with Crippen molar-refractivity contribution in [3.8, 4) is 0 Å². The molecular formula is C32H40F4N2O2. The molecule has 1 aliphatic carbocycles. The van der Waals surface area contributed by atoms with Crippen LogP contribution in [-0.4, -0.2) is 60.1 Å². The normalized spacial score (nSPS) is 24.5. The Kier molecular flexibility index (Phi) is 8.86. The maximum absolute atomic E-state index is 14.7. The number of rotatable bonds is 10. The highest BCUT2D eigenvalue weighted by molar-refractivity contribution is 5.75. The zero-order chi connectivity index (χ0) is 28.3. The lowest BCUT2D eigenvalue weighted by Crippen LogP contribution is -2.41. The smallest absolute Gasteiger partial charge is 0.310 e. The monoisotopic (exact) mass is 560 g/mol. The van der Waals surface area contributed by atoms with Crippen LogP contribution in [0.1, 0.15) is 68.4 Å². The van der Waals surface area contributed by atoms with Crippen LogP contribution in [0.3, 0.4) is 0 Å². The summed E-state index contributed by atoms with van der Waals surface area (Å²) in [5.74, 6) is -3.86. The van der Waals surface area contributed by atoms with Gasteiger partial charge in [-0.1, -0.05) is 37.1 Å². The van der Waals surface area contributed by atoms with Gasteiger partial charge in [0.05, 0.1) is 5.41 Å². The van der Waals surface area contributed by atoms with Crippen molar-refractivity contribution >= 4 is 5.97 Å². The van der Waals surface area contributed by atoms with Gasteiger partial charge >= 0.3 is 5.97 Å². The predicted molar refractivity (Wildman–Crippen MR) is 146 cm³/mol. The summed E-state index contributed by atoms with van der Waals surface area (Å²) in [6, 6.07) is 11.3. The van der Waals surface area contributed by atoms with E-state index >= 15 is 0 Å². The van der Waals surface area contributed by atoms with Crippen LogP contribution in [0.4, 0.5) is 17.6 Å². The fourth-order valence-corrected chi connectivity index (χ4v) is 7.32. The maximum atomic E-state index is 14.7. The second kappa shape index (κ2) is 12.2. The molecule has 4 nitrogen and oxygen atoms in total. The van der Waals surface area contributed by atoms with Crippen LogP contribution in [0.25, 0.3) is 0 Å². The second-order valence-corrected chi connectivity index (χ2v) is 12.4. The van der Waals surface area contributed by atoms with Gasteiger partial charge in [-0.15, -0.1) is 0 Å². The minimum Gasteiger partial charge on any atom is -0.481 e. The molecule has 2 saturated heterocycles. The van der Waals surface area contributed by atoms with E-state index in [0.717, 1.165) is 76.1 Å². The van der Waals surface area contributed by atoms with Crippen molar-refractivity contribution in [2.24, 2.45) is 17.3 Å². The van der Waals surface area contributed by atoms with Gasteiger partial charge in [-0.05, 0) is 86.9 Å². The fraction of sp³-hybridized carbons (Fsp3) is 0.594. The molecule has 2 aliphatic heterocycles. The highest BCUT2D eigenvalue weighted by Crippen LogP contribution is 2.43. The molecule has 3 aliphatic rings. The molecule has 0 aromatic heterocycles. The van der Waals surface area contributed by atoms with E-state index in [4.69, 9.17) is 0 Å². The summed E-state index contributed by atoms with van der Waals surface area (Å²) >= 11 is 0. The molecule has 5 rings (SSSR count). The Balaban J connectivity index is 1.18. The number of nitrogens with zero attached hydrogens (tertiary/aromatic N) is 2. The van der Waals surface area contributed by atoms with Crippen molar-refractivity contribution in [3.63, 3.8) is 0 Å². The molecule has 0 spiro atoms. The Bertz CT molecular complexity index is 1140. The summed E-state index contributed by atoms with van der Waals surface area (Å²) in [5.41, 5.74) is 0.138. The van der Waals surface area contributed by atoms with Crippen molar-refractivity contribution < 1.29 is 27.5 Å². The summed E-state index contributed by atoms with van der Waals surface area (Å²) in [7, 11) is 0. The van der Waals surface area contributed by atoms with Crippen molar-refractivity contribution in [2.75, 3.05) is 39.3 Å². The lowest BCUT2D eigenvalue weighted by molar-refractivity contribution is -0.149. The Labute approximate surface area is 234 Å². The van der Waals surface area contributed by atoms with E-state index in [2.05, 4.69) is 9.80 Å². The molecule has 3 fully saturated rings. The molecule has 0 bridgehead atoms. The number of carboxylic acids is 1. The van der Waals surface area contributed by atoms with Crippen LogP contribution >= 0.6 is 0 Å². The number of likely N-dealkylation sites (tertiary alicyclic amines) is 2. The van der Waals surface area contributed by atoms with E-state index in [-0.39, 0.29) is 35.6 Å². The third kappa shape index (κ3) is 6.71. The molecule has 40 heavy (non-hydrogen) atoms. The molecule has 0 unspecified atom stereocenters. The van der Waals surface area contributed by atoms with E-state index in [0.29, 0.717) is 25.8 Å². The zero-order valence-corrected chi connectivity index (χ0v) is 23.0. The van der Waals surface area contributed by atoms with Crippen LogP contribution in [0.15, 0.2) is 48.5 Å². The van der Waals surface area contributed by atoms with Crippen LogP contribution in [0.5, 0.6) is 0 Å². The predicted octanol–water partition coefficient (Wildman–Crippen LogP) is 6.91. The highest BCUT2D eigenvalue weighted by Gasteiger charge is 2.45. The number of alkyl halides is 2. The molecule has 0 radical (unpaired) electrons. The van der Waals surface area contributed by atoms with E-state index < -0.39 is 23.1 Å². The van der Waals surface area contributed by atoms with E-state index in [1.54, 1.807) is 12.1 Å². The molecule has 2 atom stereocenters. The fourth-order valence-electron chi connectivity index (χ4n) is 7.32. The maximum Gasteiger partial charge on any atom is 0.310 e. The first-order chi connectivity index (χ1) is 19.1. The lowest BCUT2D eigenvalue weighted by atomic mass is 9.85. The molecule has 1 N–H and O–H groups in total. The van der Waals surface area contributed by atoms with Crippen LogP contribution in [0.2, 0.25) is 0 Å². The average Bonchev–Trinajstić information content (AvgIpc) is 3.57. The lowest BCUT2D eigenvalue weighted by Gasteiger charge is -2.35. The van der Waals surface area contributed by atoms with Crippen molar-refractivity contribution in [1.82, 2.24) is 9.80 Å². The molecule has 2 aromatic carbocycles. The Hall–Kier alpha value is -2.45. The van der Waals surface area contributed by atoms with Crippen LogP contribution in [0, 0.1) is 28.9 Å². The molecule has 2 heterocycles. The molecule has 8 heteroatoms. The number of aliphatic carboxylic acids is 1. The standard InChI is InChI=1S/C32H40F4N2O2/c33-27-8-6-26(7-9-27)32(35,36)15-10-23-11-16-37(17-12-23)19-25-20-38(22-31(30(39)40)13-1-2-14-31)21-29(25)24-4-3-5-28(34)18-24/h3-9,18,23,25,29H,1-2,10-17,19-22H2,(H,39,40)/t25-,29+/m0/s1. The first-order valence-corrected chi connectivity index (χ1v) is 14.7. The molecule has 218 valence electrons. The van der Waals surface area contributed by atoms with Gasteiger partial charge in [-0.3, -0.25) is 4.79 Å². The van der Waals surface area contributed by atoms with Gasteiger partial charge in [0.15, 0.2) is 0 Å². The van der Waals surface area contributed by atoms with Gasteiger partial charge in [0.25, 0.3) is 5.92 Å². The van der Waals surface area contributed by atoms with Crippen molar-refractivity contribution in [3.05, 3.63) is 71.3 Å². The summed E-state index contributed by atoms with van der Waals surface area (Å²) < 4.78 is 56.7. The Morgan fingerprint density at radius 2 is 1.65 bits per heavy atom. The average molecular weight is 561 g/mol. The summed E-state index contributed by atoms with van der Waals surface area (Å²) in [6.07, 6.45) is 5.20. The number of piperidine rings is 1. The molecule has 0 amide bonds. The SMILES string of the molecule is O=C(O)C1(CN2C[C@H](CN3CCC(CCC(F)(F)c4ccc(F)cc4)CC3)[C@@H](c3cccc(F)c3)C2)CCCC1. The van der Waals surface area contributed by atoms with Gasteiger partial charge < -0.3 is 14.9 Å². The summed E-state index contributed by atoms with van der Waals surface area (Å²) in [5, 5.41) is 10.0. The van der Waals surface area contributed by atoms with Crippen LogP contribution < -0.4 is 0 Å². The number of hydrogen-bond donors (Lipinski definition) is 1. The van der Waals surface area contributed by atoms with E-state index in [1.807, 2.05) is 6.07 Å². The quantitative estimate of drug-likeness (QED) is 0.321. The molecule has 2 aromatic rings. The number of hydrogen-bond acceptors (Lipinski definition) is 3. The first kappa shape index (κ1) is 29.1. The minimum absolute atomic E-state index is 0.120. The Morgan fingerprint density at radius 1 is 0.950 bits per heavy atom. The molecule has 1 saturated carbocycles. The van der Waals surface area contributed by atoms with Crippen molar-refractivity contribution in [1.29, 1.82) is 0 Å². The zero-order valence-electron chi connectivity index (χ0n) is 23.0. The Morgan fingerprint density at radius 3 is 2.30 bits per heavy atom.